The molecule has 0 fully saturated rings. The van der Waals surface area contributed by atoms with Gasteiger partial charge in [0, 0.05) is 17.8 Å². The van der Waals surface area contributed by atoms with Crippen molar-refractivity contribution in [3.8, 4) is 0 Å². The Hall–Kier alpha value is -2.50. The van der Waals surface area contributed by atoms with Crippen LogP contribution in [0.25, 0.3) is 0 Å². The van der Waals surface area contributed by atoms with E-state index in [4.69, 9.17) is 0 Å². The first-order chi connectivity index (χ1) is 10.5. The zero-order valence-corrected chi connectivity index (χ0v) is 13.1. The Morgan fingerprint density at radius 3 is 2.86 bits per heavy atom. The summed E-state index contributed by atoms with van der Waals surface area (Å²) >= 11 is 0. The highest BCUT2D eigenvalue weighted by atomic mass is 16.1. The van der Waals surface area contributed by atoms with Crippen molar-refractivity contribution in [3.63, 3.8) is 0 Å². The van der Waals surface area contributed by atoms with E-state index in [1.165, 1.54) is 6.92 Å². The highest BCUT2D eigenvalue weighted by molar-refractivity contribution is 5.95. The Morgan fingerprint density at radius 1 is 1.32 bits per heavy atom. The van der Waals surface area contributed by atoms with Gasteiger partial charge in [0.25, 0.3) is 0 Å². The second kappa shape index (κ2) is 7.49. The lowest BCUT2D eigenvalue weighted by Gasteiger charge is -2.09. The van der Waals surface area contributed by atoms with Crippen molar-refractivity contribution < 1.29 is 4.79 Å². The second-order valence-electron chi connectivity index (χ2n) is 5.54. The van der Waals surface area contributed by atoms with Gasteiger partial charge < -0.3 is 10.6 Å². The predicted octanol–water partition coefficient (Wildman–Crippen LogP) is 3.28. The van der Waals surface area contributed by atoms with Crippen LogP contribution in [0.15, 0.2) is 30.5 Å². The molecule has 0 saturated carbocycles. The number of nitrogens with zero attached hydrogens (tertiary/aromatic N) is 3. The number of aromatic nitrogens is 3. The van der Waals surface area contributed by atoms with Gasteiger partial charge in [-0.25, -0.2) is 0 Å². The summed E-state index contributed by atoms with van der Waals surface area (Å²) in [7, 11) is 0. The average Bonchev–Trinajstić information content (AvgIpc) is 2.47. The lowest BCUT2D eigenvalue weighted by atomic mass is 10.1. The Labute approximate surface area is 130 Å². The molecule has 0 aliphatic rings. The third kappa shape index (κ3) is 4.80. The fourth-order valence-corrected chi connectivity index (χ4v) is 1.88. The van der Waals surface area contributed by atoms with Gasteiger partial charge in [-0.15, -0.1) is 5.10 Å². The zero-order valence-electron chi connectivity index (χ0n) is 13.1. The van der Waals surface area contributed by atoms with Crippen molar-refractivity contribution in [3.05, 3.63) is 36.0 Å². The van der Waals surface area contributed by atoms with Gasteiger partial charge >= 0.3 is 0 Å². The van der Waals surface area contributed by atoms with Gasteiger partial charge in [-0.1, -0.05) is 26.0 Å². The number of hydrogen-bond acceptors (Lipinski definition) is 6. The summed E-state index contributed by atoms with van der Waals surface area (Å²) in [6.45, 7) is 6.73. The van der Waals surface area contributed by atoms with Crippen LogP contribution >= 0.6 is 0 Å². The number of carbonyl (C=O) groups excluding carboxylic acids is 1. The SMILES string of the molecule is CC(=O)c1cccc(Nc2nncc(NCCC(C)C)n2)c1. The average molecular weight is 299 g/mol. The van der Waals surface area contributed by atoms with Crippen molar-refractivity contribution >= 4 is 23.2 Å². The van der Waals surface area contributed by atoms with Crippen LogP contribution in [0.2, 0.25) is 0 Å². The predicted molar refractivity (Wildman–Crippen MR) is 87.5 cm³/mol. The Balaban J connectivity index is 2.03. The van der Waals surface area contributed by atoms with Crippen molar-refractivity contribution in [2.24, 2.45) is 5.92 Å². The van der Waals surface area contributed by atoms with E-state index < -0.39 is 0 Å². The topological polar surface area (TPSA) is 79.8 Å². The summed E-state index contributed by atoms with van der Waals surface area (Å²) in [4.78, 5) is 15.8. The first-order valence-corrected chi connectivity index (χ1v) is 7.36. The lowest BCUT2D eigenvalue weighted by molar-refractivity contribution is 0.101. The molecule has 116 valence electrons. The van der Waals surface area contributed by atoms with E-state index >= 15 is 0 Å². The maximum Gasteiger partial charge on any atom is 0.249 e. The minimum Gasteiger partial charge on any atom is -0.369 e. The Kier molecular flexibility index (Phi) is 5.41. The van der Waals surface area contributed by atoms with Gasteiger partial charge in [0.05, 0.1) is 6.20 Å². The third-order valence-corrected chi connectivity index (χ3v) is 3.11. The van der Waals surface area contributed by atoms with Crippen LogP contribution in [0.1, 0.15) is 37.6 Å². The molecule has 6 heteroatoms. The maximum absolute atomic E-state index is 11.4. The summed E-state index contributed by atoms with van der Waals surface area (Å²) in [6, 6.07) is 7.22. The molecule has 0 aliphatic heterocycles. The second-order valence-corrected chi connectivity index (χ2v) is 5.54. The van der Waals surface area contributed by atoms with E-state index in [0.717, 1.165) is 18.7 Å². The van der Waals surface area contributed by atoms with Crippen LogP contribution in [0, 0.1) is 5.92 Å². The van der Waals surface area contributed by atoms with Crippen molar-refractivity contribution in [1.29, 1.82) is 0 Å². The van der Waals surface area contributed by atoms with Crippen LogP contribution in [-0.2, 0) is 0 Å². The molecule has 6 nitrogen and oxygen atoms in total. The fourth-order valence-electron chi connectivity index (χ4n) is 1.88. The van der Waals surface area contributed by atoms with Crippen LogP contribution in [-0.4, -0.2) is 27.5 Å². The Morgan fingerprint density at radius 2 is 2.14 bits per heavy atom. The summed E-state index contributed by atoms with van der Waals surface area (Å²) < 4.78 is 0. The van der Waals surface area contributed by atoms with E-state index in [1.807, 2.05) is 12.1 Å². The van der Waals surface area contributed by atoms with E-state index in [-0.39, 0.29) is 5.78 Å². The monoisotopic (exact) mass is 299 g/mol. The van der Waals surface area contributed by atoms with Gasteiger partial charge in [-0.05, 0) is 31.4 Å². The number of rotatable bonds is 7. The maximum atomic E-state index is 11.4. The van der Waals surface area contributed by atoms with Crippen LogP contribution in [0.3, 0.4) is 0 Å². The van der Waals surface area contributed by atoms with Crippen molar-refractivity contribution in [1.82, 2.24) is 15.2 Å². The molecule has 0 amide bonds. The summed E-state index contributed by atoms with van der Waals surface area (Å²) in [5, 5.41) is 14.2. The van der Waals surface area contributed by atoms with Gasteiger partial charge in [-0.2, -0.15) is 10.1 Å². The molecular formula is C16H21N5O. The smallest absolute Gasteiger partial charge is 0.249 e. The van der Waals surface area contributed by atoms with E-state index in [0.29, 0.717) is 23.2 Å². The molecule has 1 aromatic carbocycles. The van der Waals surface area contributed by atoms with Gasteiger partial charge in [0.2, 0.25) is 5.95 Å². The normalized spacial score (nSPS) is 10.5. The first kappa shape index (κ1) is 15.9. The third-order valence-electron chi connectivity index (χ3n) is 3.11. The van der Waals surface area contributed by atoms with E-state index in [1.54, 1.807) is 18.3 Å². The van der Waals surface area contributed by atoms with Crippen LogP contribution < -0.4 is 10.6 Å². The van der Waals surface area contributed by atoms with Crippen molar-refractivity contribution in [2.45, 2.75) is 27.2 Å². The Bertz CT molecular complexity index is 642. The molecule has 2 aromatic rings. The van der Waals surface area contributed by atoms with E-state index in [2.05, 4.69) is 39.7 Å². The minimum absolute atomic E-state index is 0.0202. The molecule has 0 radical (unpaired) electrons. The zero-order chi connectivity index (χ0) is 15.9. The molecule has 0 unspecified atom stereocenters. The highest BCUT2D eigenvalue weighted by Gasteiger charge is 2.04. The molecule has 0 saturated heterocycles. The number of anilines is 3. The quantitative estimate of drug-likeness (QED) is 0.764. The van der Waals surface area contributed by atoms with E-state index in [9.17, 15) is 4.79 Å². The van der Waals surface area contributed by atoms with Crippen LogP contribution in [0.5, 0.6) is 0 Å². The number of ketones is 1. The number of Topliss-reactive ketones (excluding diaryl/α,β-unsaturated/α-hetero) is 1. The molecule has 0 bridgehead atoms. The van der Waals surface area contributed by atoms with Gasteiger partial charge in [0.1, 0.15) is 0 Å². The summed E-state index contributed by atoms with van der Waals surface area (Å²) in [5.74, 6) is 1.73. The minimum atomic E-state index is 0.0202. The summed E-state index contributed by atoms with van der Waals surface area (Å²) in [5.41, 5.74) is 1.40. The highest BCUT2D eigenvalue weighted by Crippen LogP contribution is 2.15. The van der Waals surface area contributed by atoms with Gasteiger partial charge in [-0.3, -0.25) is 4.79 Å². The summed E-state index contributed by atoms with van der Waals surface area (Å²) in [6.07, 6.45) is 2.66. The molecule has 0 atom stereocenters. The standard InChI is InChI=1S/C16H21N5O/c1-11(2)7-8-17-15-10-18-21-16(20-15)19-14-6-4-5-13(9-14)12(3)22/h4-6,9-11H,7-8H2,1-3H3,(H2,17,19,20,21). The fraction of sp³-hybridized carbons (Fsp3) is 0.375. The number of hydrogen-bond donors (Lipinski definition) is 2. The number of nitrogens with one attached hydrogen (secondary N) is 2. The molecule has 2 N–H and O–H groups in total. The number of carbonyl (C=O) groups is 1. The largest absolute Gasteiger partial charge is 0.369 e. The molecular weight excluding hydrogens is 278 g/mol. The molecule has 2 rings (SSSR count). The van der Waals surface area contributed by atoms with Crippen molar-refractivity contribution in [2.75, 3.05) is 17.2 Å². The molecule has 1 aromatic heterocycles. The molecule has 1 heterocycles. The molecule has 0 aliphatic carbocycles. The van der Waals surface area contributed by atoms with Gasteiger partial charge in [0.15, 0.2) is 11.6 Å². The lowest BCUT2D eigenvalue weighted by Crippen LogP contribution is -2.08. The number of benzene rings is 1. The molecule has 0 spiro atoms. The first-order valence-electron chi connectivity index (χ1n) is 7.36. The molecule has 22 heavy (non-hydrogen) atoms. The van der Waals surface area contributed by atoms with Crippen LogP contribution in [0.4, 0.5) is 17.5 Å².